The number of nitrogens with zero attached hydrogens (tertiary/aromatic N) is 1. The van der Waals surface area contributed by atoms with Crippen molar-refractivity contribution in [1.29, 1.82) is 0 Å². The number of piperidine rings is 1. The van der Waals surface area contributed by atoms with Crippen molar-refractivity contribution in [3.8, 4) is 0 Å². The van der Waals surface area contributed by atoms with Gasteiger partial charge in [-0.1, -0.05) is 29.8 Å². The third kappa shape index (κ3) is 3.98. The van der Waals surface area contributed by atoms with Gasteiger partial charge in [-0.25, -0.2) is 0 Å². The second kappa shape index (κ2) is 6.55. The molecule has 0 aromatic heterocycles. The number of halogens is 1. The Bertz CT molecular complexity index is 381. The van der Waals surface area contributed by atoms with Crippen LogP contribution in [-0.2, 0) is 6.42 Å². The molecule has 1 aliphatic heterocycles. The van der Waals surface area contributed by atoms with E-state index in [0.717, 1.165) is 18.0 Å². The van der Waals surface area contributed by atoms with Crippen LogP contribution in [-0.4, -0.2) is 37.1 Å². The Morgan fingerprint density at radius 1 is 1.44 bits per heavy atom. The van der Waals surface area contributed by atoms with Gasteiger partial charge in [0.1, 0.15) is 0 Å². The molecule has 1 fully saturated rings. The van der Waals surface area contributed by atoms with E-state index in [-0.39, 0.29) is 0 Å². The van der Waals surface area contributed by atoms with Crippen LogP contribution in [0.15, 0.2) is 24.3 Å². The molecule has 2 unspecified atom stereocenters. The number of hydrogen-bond acceptors (Lipinski definition) is 2. The molecule has 0 spiro atoms. The quantitative estimate of drug-likeness (QED) is 0.902. The summed E-state index contributed by atoms with van der Waals surface area (Å²) < 4.78 is 0. The first kappa shape index (κ1) is 13.9. The first-order valence-electron chi connectivity index (χ1n) is 6.83. The van der Waals surface area contributed by atoms with Crippen LogP contribution in [0.1, 0.15) is 25.3 Å². The maximum Gasteiger partial charge on any atom is 0.0438 e. The lowest BCUT2D eigenvalue weighted by atomic mass is 10.0. The predicted molar refractivity (Wildman–Crippen MR) is 78.3 cm³/mol. The lowest BCUT2D eigenvalue weighted by Crippen LogP contribution is -2.47. The fraction of sp³-hybridized carbons (Fsp3) is 0.600. The van der Waals surface area contributed by atoms with E-state index in [9.17, 15) is 0 Å². The summed E-state index contributed by atoms with van der Waals surface area (Å²) in [6, 6.07) is 9.23. The largest absolute Gasteiger partial charge is 0.310 e. The third-order valence-electron chi connectivity index (χ3n) is 3.63. The van der Waals surface area contributed by atoms with Gasteiger partial charge in [-0.15, -0.1) is 0 Å². The molecule has 2 rings (SSSR count). The second-order valence-electron chi connectivity index (χ2n) is 5.46. The van der Waals surface area contributed by atoms with E-state index < -0.39 is 0 Å². The minimum atomic E-state index is 0.474. The average Bonchev–Trinajstić information content (AvgIpc) is 2.32. The summed E-state index contributed by atoms with van der Waals surface area (Å²) >= 11 is 6.20. The highest BCUT2D eigenvalue weighted by Crippen LogP contribution is 2.17. The molecule has 0 radical (unpaired) electrons. The Kier molecular flexibility index (Phi) is 5.04. The molecule has 1 heterocycles. The van der Waals surface area contributed by atoms with Gasteiger partial charge in [-0.2, -0.15) is 0 Å². The van der Waals surface area contributed by atoms with Gasteiger partial charge in [0.25, 0.3) is 0 Å². The lowest BCUT2D eigenvalue weighted by Gasteiger charge is -2.32. The van der Waals surface area contributed by atoms with Gasteiger partial charge in [0, 0.05) is 23.7 Å². The van der Waals surface area contributed by atoms with Crippen molar-refractivity contribution in [1.82, 2.24) is 10.2 Å². The number of likely N-dealkylation sites (tertiary alicyclic amines) is 1. The Morgan fingerprint density at radius 2 is 2.22 bits per heavy atom. The van der Waals surface area contributed by atoms with Crippen molar-refractivity contribution in [2.24, 2.45) is 0 Å². The van der Waals surface area contributed by atoms with Gasteiger partial charge in [0.2, 0.25) is 0 Å². The van der Waals surface area contributed by atoms with Crippen molar-refractivity contribution in [2.75, 3.05) is 20.1 Å². The van der Waals surface area contributed by atoms with E-state index in [1.54, 1.807) is 0 Å². The highest BCUT2D eigenvalue weighted by atomic mass is 35.5. The maximum absolute atomic E-state index is 6.20. The Hall–Kier alpha value is -0.570. The fourth-order valence-corrected chi connectivity index (χ4v) is 2.97. The first-order valence-corrected chi connectivity index (χ1v) is 7.21. The monoisotopic (exact) mass is 266 g/mol. The summed E-state index contributed by atoms with van der Waals surface area (Å²) in [5.41, 5.74) is 1.24. The van der Waals surface area contributed by atoms with Crippen LogP contribution < -0.4 is 5.32 Å². The molecule has 1 saturated heterocycles. The second-order valence-corrected chi connectivity index (χ2v) is 5.87. The first-order chi connectivity index (χ1) is 8.65. The highest BCUT2D eigenvalue weighted by Gasteiger charge is 2.18. The maximum atomic E-state index is 6.20. The van der Waals surface area contributed by atoms with Crippen molar-refractivity contribution < 1.29 is 0 Å². The molecule has 1 aliphatic rings. The smallest absolute Gasteiger partial charge is 0.0438 e. The van der Waals surface area contributed by atoms with Crippen LogP contribution in [0.4, 0.5) is 0 Å². The highest BCUT2D eigenvalue weighted by molar-refractivity contribution is 6.31. The number of likely N-dealkylation sites (N-methyl/N-ethyl adjacent to an activating group) is 1. The van der Waals surface area contributed by atoms with E-state index in [1.165, 1.54) is 24.9 Å². The molecule has 1 N–H and O–H groups in total. The molecule has 2 atom stereocenters. The van der Waals surface area contributed by atoms with E-state index in [2.05, 4.69) is 36.3 Å². The molecule has 100 valence electrons. The zero-order valence-electron chi connectivity index (χ0n) is 11.3. The van der Waals surface area contributed by atoms with Gasteiger partial charge in [-0.3, -0.25) is 0 Å². The summed E-state index contributed by atoms with van der Waals surface area (Å²) in [6.07, 6.45) is 3.59. The van der Waals surface area contributed by atoms with Crippen LogP contribution in [0.25, 0.3) is 0 Å². The van der Waals surface area contributed by atoms with E-state index in [0.29, 0.717) is 12.1 Å². The van der Waals surface area contributed by atoms with E-state index in [1.807, 2.05) is 12.1 Å². The molecular weight excluding hydrogens is 244 g/mol. The molecule has 2 nitrogen and oxygen atoms in total. The lowest BCUT2D eigenvalue weighted by molar-refractivity contribution is 0.218. The normalized spacial score (nSPS) is 22.9. The van der Waals surface area contributed by atoms with E-state index >= 15 is 0 Å². The number of hydrogen-bond donors (Lipinski definition) is 1. The van der Waals surface area contributed by atoms with Gasteiger partial charge in [0.05, 0.1) is 0 Å². The Morgan fingerprint density at radius 3 is 2.94 bits per heavy atom. The van der Waals surface area contributed by atoms with Gasteiger partial charge in [-0.05, 0) is 51.4 Å². The Labute approximate surface area is 115 Å². The molecule has 18 heavy (non-hydrogen) atoms. The topological polar surface area (TPSA) is 15.3 Å². The third-order valence-corrected chi connectivity index (χ3v) is 4.00. The van der Waals surface area contributed by atoms with E-state index in [4.69, 9.17) is 11.6 Å². The molecule has 0 aliphatic carbocycles. The zero-order chi connectivity index (χ0) is 13.0. The Balaban J connectivity index is 1.85. The molecule has 0 amide bonds. The van der Waals surface area contributed by atoms with Crippen LogP contribution >= 0.6 is 11.6 Å². The SMILES string of the molecule is CC(Cc1ccccc1Cl)NC1CCCN(C)C1. The minimum Gasteiger partial charge on any atom is -0.310 e. The average molecular weight is 267 g/mol. The van der Waals surface area contributed by atoms with Gasteiger partial charge >= 0.3 is 0 Å². The van der Waals surface area contributed by atoms with Crippen LogP contribution in [0.3, 0.4) is 0 Å². The minimum absolute atomic E-state index is 0.474. The van der Waals surface area contributed by atoms with Crippen molar-refractivity contribution in [3.63, 3.8) is 0 Å². The standard InChI is InChI=1S/C15H23ClN2/c1-12(10-13-6-3-4-8-15(13)16)17-14-7-5-9-18(2)11-14/h3-4,6,8,12,14,17H,5,7,9-11H2,1-2H3. The molecule has 1 aromatic rings. The van der Waals surface area contributed by atoms with Crippen molar-refractivity contribution in [3.05, 3.63) is 34.9 Å². The van der Waals surface area contributed by atoms with Crippen LogP contribution in [0.2, 0.25) is 5.02 Å². The summed E-state index contributed by atoms with van der Waals surface area (Å²) in [4.78, 5) is 2.41. The fourth-order valence-electron chi connectivity index (χ4n) is 2.76. The molecule has 0 bridgehead atoms. The van der Waals surface area contributed by atoms with Crippen molar-refractivity contribution >= 4 is 11.6 Å². The summed E-state index contributed by atoms with van der Waals surface area (Å²) in [5, 5.41) is 4.61. The van der Waals surface area contributed by atoms with Crippen LogP contribution in [0, 0.1) is 0 Å². The van der Waals surface area contributed by atoms with Gasteiger partial charge in [0.15, 0.2) is 0 Å². The molecule has 3 heteroatoms. The molecular formula is C15H23ClN2. The number of rotatable bonds is 4. The number of benzene rings is 1. The van der Waals surface area contributed by atoms with Crippen LogP contribution in [0.5, 0.6) is 0 Å². The molecule has 0 saturated carbocycles. The van der Waals surface area contributed by atoms with Gasteiger partial charge < -0.3 is 10.2 Å². The number of nitrogens with one attached hydrogen (secondary N) is 1. The summed E-state index contributed by atoms with van der Waals surface area (Å²) in [7, 11) is 2.20. The van der Waals surface area contributed by atoms with Crippen molar-refractivity contribution in [2.45, 2.75) is 38.3 Å². The molecule has 1 aromatic carbocycles. The zero-order valence-corrected chi connectivity index (χ0v) is 12.1. The summed E-state index contributed by atoms with van der Waals surface area (Å²) in [6.45, 7) is 4.64. The summed E-state index contributed by atoms with van der Waals surface area (Å²) in [5.74, 6) is 0. The predicted octanol–water partition coefficient (Wildman–Crippen LogP) is 2.95.